The quantitative estimate of drug-likeness (QED) is 0.255. The zero-order valence-electron chi connectivity index (χ0n) is 8.26. The molecular formula is C9H6F2IN5. The predicted octanol–water partition coefficient (Wildman–Crippen LogP) is 1.80. The van der Waals surface area contributed by atoms with Crippen molar-refractivity contribution in [1.82, 2.24) is 0 Å². The Kier molecular flexibility index (Phi) is 4.33. The van der Waals surface area contributed by atoms with Crippen LogP contribution in [0.5, 0.6) is 0 Å². The van der Waals surface area contributed by atoms with Crippen molar-refractivity contribution in [3.05, 3.63) is 27.3 Å². The highest BCUT2D eigenvalue weighted by molar-refractivity contribution is 14.1. The van der Waals surface area contributed by atoms with Gasteiger partial charge in [0.1, 0.15) is 17.7 Å². The number of benzene rings is 1. The summed E-state index contributed by atoms with van der Waals surface area (Å²) in [6.07, 6.45) is 0. The molecule has 0 aromatic heterocycles. The largest absolute Gasteiger partial charge is 0.382 e. The average Bonchev–Trinajstić information content (AvgIpc) is 2.26. The van der Waals surface area contributed by atoms with Gasteiger partial charge in [-0.15, -0.1) is 0 Å². The Morgan fingerprint density at radius 2 is 2.00 bits per heavy atom. The van der Waals surface area contributed by atoms with Gasteiger partial charge in [0.05, 0.1) is 9.26 Å². The molecule has 4 N–H and O–H groups in total. The van der Waals surface area contributed by atoms with Crippen molar-refractivity contribution in [2.75, 3.05) is 5.43 Å². The monoisotopic (exact) mass is 349 g/mol. The van der Waals surface area contributed by atoms with Gasteiger partial charge in [-0.2, -0.15) is 10.4 Å². The molecule has 0 aliphatic heterocycles. The normalized spacial score (nSPS) is 10.8. The summed E-state index contributed by atoms with van der Waals surface area (Å²) in [5.41, 5.74) is 6.93. The smallest absolute Gasteiger partial charge is 0.201 e. The molecule has 0 radical (unpaired) electrons. The van der Waals surface area contributed by atoms with Crippen LogP contribution in [0.3, 0.4) is 0 Å². The third-order valence-corrected chi connectivity index (χ3v) is 2.67. The highest BCUT2D eigenvalue weighted by atomic mass is 127. The van der Waals surface area contributed by atoms with E-state index in [-0.39, 0.29) is 15.0 Å². The Labute approximate surface area is 109 Å². The molecule has 0 aliphatic rings. The van der Waals surface area contributed by atoms with E-state index < -0.39 is 17.5 Å². The zero-order chi connectivity index (χ0) is 13.0. The summed E-state index contributed by atoms with van der Waals surface area (Å²) in [6, 6.07) is 3.60. The molecule has 17 heavy (non-hydrogen) atoms. The molecule has 5 nitrogen and oxygen atoms in total. The summed E-state index contributed by atoms with van der Waals surface area (Å²) in [4.78, 5) is 0. The Balaban J connectivity index is 2.98. The van der Waals surface area contributed by atoms with Crippen LogP contribution in [0.2, 0.25) is 0 Å². The molecule has 0 saturated heterocycles. The van der Waals surface area contributed by atoms with Crippen molar-refractivity contribution in [1.29, 1.82) is 10.7 Å². The van der Waals surface area contributed by atoms with Crippen LogP contribution in [0, 0.1) is 31.9 Å². The number of nitrogens with two attached hydrogens (primary N) is 1. The van der Waals surface area contributed by atoms with E-state index in [1.807, 2.05) is 0 Å². The lowest BCUT2D eigenvalue weighted by atomic mass is 10.3. The fraction of sp³-hybridized carbons (Fsp3) is 0. The van der Waals surface area contributed by atoms with Crippen molar-refractivity contribution in [3.8, 4) is 6.07 Å². The Morgan fingerprint density at radius 3 is 2.41 bits per heavy atom. The summed E-state index contributed by atoms with van der Waals surface area (Å²) in [6.45, 7) is 0. The van der Waals surface area contributed by atoms with E-state index in [0.717, 1.165) is 12.1 Å². The summed E-state index contributed by atoms with van der Waals surface area (Å²) in [7, 11) is 0. The molecule has 0 aliphatic carbocycles. The first-order valence-corrected chi connectivity index (χ1v) is 5.26. The van der Waals surface area contributed by atoms with E-state index in [9.17, 15) is 8.78 Å². The van der Waals surface area contributed by atoms with Crippen molar-refractivity contribution in [2.45, 2.75) is 0 Å². The number of nitrogens with one attached hydrogen (secondary N) is 2. The summed E-state index contributed by atoms with van der Waals surface area (Å²) >= 11 is 1.53. The molecule has 0 atom stereocenters. The second-order valence-corrected chi connectivity index (χ2v) is 3.93. The molecule has 0 fully saturated rings. The van der Waals surface area contributed by atoms with Crippen LogP contribution in [0.15, 0.2) is 17.2 Å². The molecule has 0 unspecified atom stereocenters. The number of halogens is 3. The zero-order valence-corrected chi connectivity index (χ0v) is 10.4. The molecule has 88 valence electrons. The molecule has 1 aromatic rings. The number of nitriles is 1. The maximum Gasteiger partial charge on any atom is 0.201 e. The SMILES string of the molecule is N#C/C(=N\Nc1cc(F)c(I)c(F)c1)C(=N)N. The van der Waals surface area contributed by atoms with Gasteiger partial charge in [0.25, 0.3) is 0 Å². The molecule has 1 rings (SSSR count). The van der Waals surface area contributed by atoms with E-state index in [1.165, 1.54) is 22.6 Å². The van der Waals surface area contributed by atoms with E-state index in [0.29, 0.717) is 0 Å². The molecule has 1 aromatic carbocycles. The van der Waals surface area contributed by atoms with Gasteiger partial charge in [0.2, 0.25) is 5.71 Å². The van der Waals surface area contributed by atoms with Gasteiger partial charge < -0.3 is 5.73 Å². The van der Waals surface area contributed by atoms with Crippen LogP contribution in [-0.4, -0.2) is 11.5 Å². The first kappa shape index (κ1) is 13.3. The fourth-order valence-electron chi connectivity index (χ4n) is 0.886. The van der Waals surface area contributed by atoms with Crippen molar-refractivity contribution in [3.63, 3.8) is 0 Å². The lowest BCUT2D eigenvalue weighted by Gasteiger charge is -2.03. The molecule has 8 heteroatoms. The third-order valence-electron chi connectivity index (χ3n) is 1.64. The van der Waals surface area contributed by atoms with Gasteiger partial charge >= 0.3 is 0 Å². The van der Waals surface area contributed by atoms with Gasteiger partial charge in [-0.1, -0.05) is 0 Å². The molecule has 0 spiro atoms. The first-order valence-electron chi connectivity index (χ1n) is 4.18. The summed E-state index contributed by atoms with van der Waals surface area (Å²) in [5, 5.41) is 19.0. The number of hydrogen-bond donors (Lipinski definition) is 3. The van der Waals surface area contributed by atoms with Crippen LogP contribution in [0.4, 0.5) is 14.5 Å². The molecule has 0 heterocycles. The van der Waals surface area contributed by atoms with E-state index in [4.69, 9.17) is 16.4 Å². The predicted molar refractivity (Wildman–Crippen MR) is 67.7 cm³/mol. The minimum Gasteiger partial charge on any atom is -0.382 e. The number of amidine groups is 1. The van der Waals surface area contributed by atoms with Gasteiger partial charge in [-0.3, -0.25) is 10.8 Å². The highest BCUT2D eigenvalue weighted by Gasteiger charge is 2.08. The average molecular weight is 349 g/mol. The second-order valence-electron chi connectivity index (χ2n) is 2.85. The van der Waals surface area contributed by atoms with E-state index >= 15 is 0 Å². The number of rotatable bonds is 3. The lowest BCUT2D eigenvalue weighted by Crippen LogP contribution is -2.21. The van der Waals surface area contributed by atoms with Gasteiger partial charge in [-0.25, -0.2) is 8.78 Å². The van der Waals surface area contributed by atoms with Gasteiger partial charge in [0.15, 0.2) is 5.84 Å². The Hall–Kier alpha value is -1.76. The topological polar surface area (TPSA) is 98.0 Å². The Morgan fingerprint density at radius 1 is 1.47 bits per heavy atom. The third kappa shape index (κ3) is 3.35. The van der Waals surface area contributed by atoms with Crippen LogP contribution >= 0.6 is 22.6 Å². The maximum absolute atomic E-state index is 13.1. The number of anilines is 1. The minimum atomic E-state index is -0.746. The lowest BCUT2D eigenvalue weighted by molar-refractivity contribution is 0.571. The standard InChI is InChI=1S/C9H6F2IN5/c10-5-1-4(2-6(11)8(5)12)16-17-7(3-13)9(14)15/h1-2,16H,(H3,14,15)/b17-7+. The molecule has 0 saturated carbocycles. The minimum absolute atomic E-state index is 0.0226. The number of hydrogen-bond acceptors (Lipinski definition) is 4. The molecule has 0 amide bonds. The summed E-state index contributed by atoms with van der Waals surface area (Å²) in [5.74, 6) is -2.03. The van der Waals surface area contributed by atoms with Gasteiger partial charge in [0, 0.05) is 12.1 Å². The Bertz CT molecular complexity index is 512. The maximum atomic E-state index is 13.1. The fourth-order valence-corrected chi connectivity index (χ4v) is 1.20. The van der Waals surface area contributed by atoms with Crippen LogP contribution in [0.1, 0.15) is 0 Å². The van der Waals surface area contributed by atoms with Crippen LogP contribution in [0.25, 0.3) is 0 Å². The van der Waals surface area contributed by atoms with Gasteiger partial charge in [-0.05, 0) is 22.6 Å². The van der Waals surface area contributed by atoms with Crippen molar-refractivity contribution < 1.29 is 8.78 Å². The van der Waals surface area contributed by atoms with Crippen LogP contribution in [-0.2, 0) is 0 Å². The number of hydrazone groups is 1. The van der Waals surface area contributed by atoms with E-state index in [2.05, 4.69) is 10.5 Å². The second kappa shape index (κ2) is 5.53. The van der Waals surface area contributed by atoms with Crippen molar-refractivity contribution in [2.24, 2.45) is 10.8 Å². The molecular weight excluding hydrogens is 343 g/mol. The first-order chi connectivity index (χ1) is 7.95. The molecule has 0 bridgehead atoms. The van der Waals surface area contributed by atoms with Crippen LogP contribution < -0.4 is 11.2 Å². The number of nitrogens with zero attached hydrogens (tertiary/aromatic N) is 2. The van der Waals surface area contributed by atoms with E-state index in [1.54, 1.807) is 6.07 Å². The summed E-state index contributed by atoms with van der Waals surface area (Å²) < 4.78 is 26.1. The highest BCUT2D eigenvalue weighted by Crippen LogP contribution is 2.20. The van der Waals surface area contributed by atoms with Crippen molar-refractivity contribution >= 4 is 39.8 Å².